The van der Waals surface area contributed by atoms with E-state index < -0.39 is 30.2 Å². The summed E-state index contributed by atoms with van der Waals surface area (Å²) >= 11 is 0. The van der Waals surface area contributed by atoms with Crippen LogP contribution in [0.2, 0.25) is 0 Å². The Kier molecular flexibility index (Phi) is 7.04. The van der Waals surface area contributed by atoms with Gasteiger partial charge in [-0.05, 0) is 62.1 Å². The number of nitrogens with two attached hydrogens (primary N) is 1. The molecule has 0 atom stereocenters. The molecule has 1 aliphatic carbocycles. The van der Waals surface area contributed by atoms with Gasteiger partial charge in [0, 0.05) is 5.69 Å². The van der Waals surface area contributed by atoms with Crippen molar-refractivity contribution in [1.82, 2.24) is 0 Å². The van der Waals surface area contributed by atoms with Crippen LogP contribution < -0.4 is 15.8 Å². The number of carbonyl (C=O) groups excluding carboxylic acids is 2. The zero-order chi connectivity index (χ0) is 22.4. The molecule has 1 fully saturated rings. The quantitative estimate of drug-likeness (QED) is 0.502. The number of hydrogen-bond acceptors (Lipinski definition) is 5. The Labute approximate surface area is 177 Å². The molecule has 0 spiro atoms. The molecule has 2 aromatic carbocycles. The third-order valence-electron chi connectivity index (χ3n) is 4.91. The molecule has 0 radical (unpaired) electrons. The van der Waals surface area contributed by atoms with Crippen LogP contribution in [0.25, 0.3) is 0 Å². The molecule has 3 rings (SSSR count). The van der Waals surface area contributed by atoms with Crippen molar-refractivity contribution in [1.29, 1.82) is 0 Å². The van der Waals surface area contributed by atoms with Gasteiger partial charge in [-0.1, -0.05) is 12.5 Å². The normalized spacial score (nSPS) is 14.7. The molecule has 1 amide bonds. The average Bonchev–Trinajstić information content (AvgIpc) is 2.73. The summed E-state index contributed by atoms with van der Waals surface area (Å²) in [7, 11) is 0. The van der Waals surface area contributed by atoms with Crippen LogP contribution in [-0.4, -0.2) is 24.6 Å². The van der Waals surface area contributed by atoms with Crippen molar-refractivity contribution in [2.45, 2.75) is 44.4 Å². The van der Waals surface area contributed by atoms with Crippen molar-refractivity contribution >= 4 is 23.3 Å². The molecule has 1 saturated carbocycles. The zero-order valence-corrected chi connectivity index (χ0v) is 16.7. The number of alkyl halides is 3. The van der Waals surface area contributed by atoms with E-state index in [0.717, 1.165) is 44.2 Å². The molecule has 166 valence electrons. The van der Waals surface area contributed by atoms with Crippen LogP contribution in [0.4, 0.5) is 24.5 Å². The van der Waals surface area contributed by atoms with Gasteiger partial charge in [-0.25, -0.2) is 4.79 Å². The fraction of sp³-hybridized carbons (Fsp3) is 0.364. The second kappa shape index (κ2) is 9.72. The molecule has 31 heavy (non-hydrogen) atoms. The van der Waals surface area contributed by atoms with E-state index in [0.29, 0.717) is 0 Å². The van der Waals surface area contributed by atoms with Gasteiger partial charge >= 0.3 is 12.1 Å². The Morgan fingerprint density at radius 3 is 2.52 bits per heavy atom. The van der Waals surface area contributed by atoms with Crippen molar-refractivity contribution in [2.75, 3.05) is 17.7 Å². The van der Waals surface area contributed by atoms with Gasteiger partial charge in [0.25, 0.3) is 5.91 Å². The van der Waals surface area contributed by atoms with E-state index in [4.69, 9.17) is 15.2 Å². The fourth-order valence-corrected chi connectivity index (χ4v) is 3.30. The first-order chi connectivity index (χ1) is 14.7. The molecular weight excluding hydrogens is 413 g/mol. The molecule has 6 nitrogen and oxygen atoms in total. The van der Waals surface area contributed by atoms with E-state index in [1.807, 2.05) is 0 Å². The maximum Gasteiger partial charge on any atom is 0.416 e. The monoisotopic (exact) mass is 436 g/mol. The SMILES string of the molecule is Nc1ccc(C(=O)OC2CCCCC2)cc1OCC(=O)Nc1cccc(C(F)(F)F)c1. The lowest BCUT2D eigenvalue weighted by atomic mass is 9.98. The molecule has 0 unspecified atom stereocenters. The lowest BCUT2D eigenvalue weighted by Gasteiger charge is -2.22. The highest BCUT2D eigenvalue weighted by Crippen LogP contribution is 2.31. The lowest BCUT2D eigenvalue weighted by Crippen LogP contribution is -2.22. The molecule has 0 saturated heterocycles. The number of nitrogens with one attached hydrogen (secondary N) is 1. The lowest BCUT2D eigenvalue weighted by molar-refractivity contribution is -0.137. The minimum Gasteiger partial charge on any atom is -0.482 e. The smallest absolute Gasteiger partial charge is 0.416 e. The molecule has 0 heterocycles. The van der Waals surface area contributed by atoms with E-state index in [9.17, 15) is 22.8 Å². The molecule has 0 bridgehead atoms. The average molecular weight is 436 g/mol. The molecular formula is C22H23F3N2O4. The van der Waals surface area contributed by atoms with Crippen molar-refractivity contribution in [3.05, 3.63) is 53.6 Å². The predicted octanol–water partition coefficient (Wildman–Crippen LogP) is 4.79. The summed E-state index contributed by atoms with van der Waals surface area (Å²) in [6.07, 6.45) is 0.222. The second-order valence-electron chi connectivity index (χ2n) is 7.33. The van der Waals surface area contributed by atoms with Crippen molar-refractivity contribution < 1.29 is 32.2 Å². The highest BCUT2D eigenvalue weighted by Gasteiger charge is 2.30. The number of benzene rings is 2. The minimum absolute atomic E-state index is 0.0128. The van der Waals surface area contributed by atoms with Gasteiger partial charge in [-0.3, -0.25) is 4.79 Å². The fourth-order valence-electron chi connectivity index (χ4n) is 3.30. The third kappa shape index (κ3) is 6.37. The molecule has 0 aromatic heterocycles. The van der Waals surface area contributed by atoms with Crippen molar-refractivity contribution in [2.24, 2.45) is 0 Å². The molecule has 1 aliphatic rings. The number of halogens is 3. The van der Waals surface area contributed by atoms with E-state index in [-0.39, 0.29) is 28.8 Å². The third-order valence-corrected chi connectivity index (χ3v) is 4.91. The van der Waals surface area contributed by atoms with Gasteiger partial charge in [0.15, 0.2) is 6.61 Å². The maximum absolute atomic E-state index is 12.8. The summed E-state index contributed by atoms with van der Waals surface area (Å²) in [6.45, 7) is -0.498. The number of amides is 1. The van der Waals surface area contributed by atoms with E-state index in [2.05, 4.69) is 5.32 Å². The van der Waals surface area contributed by atoms with Crippen molar-refractivity contribution in [3.63, 3.8) is 0 Å². The first-order valence-corrected chi connectivity index (χ1v) is 9.93. The summed E-state index contributed by atoms with van der Waals surface area (Å²) in [4.78, 5) is 24.5. The van der Waals surface area contributed by atoms with Crippen LogP contribution in [0.3, 0.4) is 0 Å². The van der Waals surface area contributed by atoms with Crippen LogP contribution in [-0.2, 0) is 15.7 Å². The van der Waals surface area contributed by atoms with E-state index >= 15 is 0 Å². The van der Waals surface area contributed by atoms with E-state index in [1.54, 1.807) is 0 Å². The largest absolute Gasteiger partial charge is 0.482 e. The Hall–Kier alpha value is -3.23. The van der Waals surface area contributed by atoms with Crippen LogP contribution in [0.1, 0.15) is 48.0 Å². The van der Waals surface area contributed by atoms with Gasteiger partial charge in [-0.15, -0.1) is 0 Å². The Bertz CT molecular complexity index is 941. The summed E-state index contributed by atoms with van der Waals surface area (Å²) in [6, 6.07) is 8.63. The first kappa shape index (κ1) is 22.5. The zero-order valence-electron chi connectivity index (χ0n) is 16.7. The number of esters is 1. The summed E-state index contributed by atoms with van der Waals surface area (Å²) < 4.78 is 49.2. The standard InChI is InChI=1S/C22H23F3N2O4/c23-22(24,25)15-5-4-6-16(12-15)27-20(28)13-30-19-11-14(9-10-18(19)26)21(29)31-17-7-2-1-3-8-17/h4-6,9-12,17H,1-3,7-8,13,26H2,(H,27,28). The Morgan fingerprint density at radius 2 is 1.81 bits per heavy atom. The first-order valence-electron chi connectivity index (χ1n) is 9.93. The summed E-state index contributed by atoms with van der Waals surface area (Å²) in [5, 5.41) is 2.34. The predicted molar refractivity (Wildman–Crippen MR) is 109 cm³/mol. The van der Waals surface area contributed by atoms with Crippen LogP contribution in [0, 0.1) is 0 Å². The van der Waals surface area contributed by atoms with Crippen LogP contribution in [0.15, 0.2) is 42.5 Å². The Balaban J connectivity index is 1.59. The van der Waals surface area contributed by atoms with Gasteiger partial charge in [0.2, 0.25) is 0 Å². The highest BCUT2D eigenvalue weighted by molar-refractivity contribution is 5.92. The van der Waals surface area contributed by atoms with Gasteiger partial charge in [0.05, 0.1) is 16.8 Å². The number of anilines is 2. The van der Waals surface area contributed by atoms with Gasteiger partial charge < -0.3 is 20.5 Å². The molecule has 9 heteroatoms. The summed E-state index contributed by atoms with van der Waals surface area (Å²) in [5.74, 6) is -1.06. The minimum atomic E-state index is -4.52. The van der Waals surface area contributed by atoms with Crippen molar-refractivity contribution in [3.8, 4) is 5.75 Å². The second-order valence-corrected chi connectivity index (χ2v) is 7.33. The van der Waals surface area contributed by atoms with Gasteiger partial charge in [-0.2, -0.15) is 13.2 Å². The number of rotatable bonds is 6. The molecule has 2 aromatic rings. The Morgan fingerprint density at radius 1 is 1.06 bits per heavy atom. The number of ether oxygens (including phenoxy) is 2. The van der Waals surface area contributed by atoms with Crippen LogP contribution >= 0.6 is 0 Å². The van der Waals surface area contributed by atoms with Gasteiger partial charge in [0.1, 0.15) is 11.9 Å². The number of carbonyl (C=O) groups is 2. The highest BCUT2D eigenvalue weighted by atomic mass is 19.4. The summed E-state index contributed by atoms with van der Waals surface area (Å²) in [5.41, 5.74) is 5.41. The number of hydrogen-bond donors (Lipinski definition) is 2. The van der Waals surface area contributed by atoms with E-state index in [1.165, 1.54) is 30.3 Å². The topological polar surface area (TPSA) is 90.7 Å². The molecule has 0 aliphatic heterocycles. The maximum atomic E-state index is 12.8. The van der Waals surface area contributed by atoms with Crippen LogP contribution in [0.5, 0.6) is 5.75 Å². The number of nitrogen functional groups attached to an aromatic ring is 1. The molecule has 3 N–H and O–H groups in total.